The summed E-state index contributed by atoms with van der Waals surface area (Å²) >= 11 is 9.42. The zero-order valence-electron chi connectivity index (χ0n) is 8.55. The molecule has 1 atom stereocenters. The fourth-order valence-electron chi connectivity index (χ4n) is 1.83. The first kappa shape index (κ1) is 11.2. The van der Waals surface area contributed by atoms with Crippen LogP contribution < -0.4 is 4.74 Å². The Morgan fingerprint density at radius 1 is 1.53 bits per heavy atom. The maximum absolute atomic E-state index is 9.99. The van der Waals surface area contributed by atoms with E-state index in [0.717, 1.165) is 10.0 Å². The number of halogens is 2. The highest BCUT2D eigenvalue weighted by molar-refractivity contribution is 9.10. The summed E-state index contributed by atoms with van der Waals surface area (Å²) in [5.74, 6) is 0.601. The highest BCUT2D eigenvalue weighted by Gasteiger charge is 2.34. The molecule has 0 saturated heterocycles. The van der Waals surface area contributed by atoms with Crippen LogP contribution in [0.25, 0.3) is 0 Å². The van der Waals surface area contributed by atoms with Gasteiger partial charge in [0.2, 0.25) is 0 Å². The lowest BCUT2D eigenvalue weighted by Crippen LogP contribution is -2.34. The quantitative estimate of drug-likeness (QED) is 0.790. The minimum absolute atomic E-state index is 0.371. The fourth-order valence-corrected chi connectivity index (χ4v) is 2.70. The lowest BCUT2D eigenvalue weighted by molar-refractivity contribution is 0.0116. The molecule has 0 saturated carbocycles. The van der Waals surface area contributed by atoms with Crippen molar-refractivity contribution in [3.8, 4) is 5.75 Å². The number of aliphatic hydroxyl groups is 1. The Labute approximate surface area is 102 Å². The van der Waals surface area contributed by atoms with E-state index >= 15 is 0 Å². The molecular weight excluding hydrogens is 279 g/mol. The van der Waals surface area contributed by atoms with Gasteiger partial charge < -0.3 is 9.84 Å². The Balaban J connectivity index is 2.55. The molecule has 1 N–H and O–H groups in total. The molecule has 0 amide bonds. The summed E-state index contributed by atoms with van der Waals surface area (Å²) in [6, 6.07) is 3.62. The van der Waals surface area contributed by atoms with Gasteiger partial charge in [0.15, 0.2) is 0 Å². The molecular formula is C11H12BrClO2. The highest BCUT2D eigenvalue weighted by Crippen LogP contribution is 2.44. The molecule has 82 valence electrons. The third-order valence-electron chi connectivity index (χ3n) is 2.46. The standard InChI is InChI=1S/C11H12BrClO2/c1-11(2)5-9(14)7-3-6(12)4-8(13)10(7)15-11/h3-4,9,14H,5H2,1-2H3. The van der Waals surface area contributed by atoms with Crippen LogP contribution in [0.3, 0.4) is 0 Å². The molecule has 1 heterocycles. The van der Waals surface area contributed by atoms with E-state index in [9.17, 15) is 5.11 Å². The van der Waals surface area contributed by atoms with Crippen LogP contribution in [-0.2, 0) is 0 Å². The van der Waals surface area contributed by atoms with Crippen molar-refractivity contribution in [2.75, 3.05) is 0 Å². The Morgan fingerprint density at radius 3 is 2.87 bits per heavy atom. The lowest BCUT2D eigenvalue weighted by atomic mass is 9.92. The van der Waals surface area contributed by atoms with Crippen molar-refractivity contribution in [2.45, 2.75) is 32.0 Å². The van der Waals surface area contributed by atoms with E-state index in [2.05, 4.69) is 15.9 Å². The highest BCUT2D eigenvalue weighted by atomic mass is 79.9. The number of aliphatic hydroxyl groups excluding tert-OH is 1. The Hall–Kier alpha value is -0.250. The van der Waals surface area contributed by atoms with Crippen molar-refractivity contribution in [1.82, 2.24) is 0 Å². The van der Waals surface area contributed by atoms with Crippen molar-refractivity contribution in [3.05, 3.63) is 27.2 Å². The van der Waals surface area contributed by atoms with Crippen LogP contribution in [0, 0.1) is 0 Å². The predicted octanol–water partition coefficient (Wildman–Crippen LogP) is 3.70. The largest absolute Gasteiger partial charge is 0.486 e. The van der Waals surface area contributed by atoms with Crippen LogP contribution in [-0.4, -0.2) is 10.7 Å². The molecule has 0 spiro atoms. The maximum Gasteiger partial charge on any atom is 0.144 e. The van der Waals surface area contributed by atoms with Crippen molar-refractivity contribution >= 4 is 27.5 Å². The number of rotatable bonds is 0. The molecule has 0 aliphatic carbocycles. The van der Waals surface area contributed by atoms with Gasteiger partial charge in [0.1, 0.15) is 11.4 Å². The second-order valence-corrected chi connectivity index (χ2v) is 5.71. The van der Waals surface area contributed by atoms with Crippen LogP contribution in [0.5, 0.6) is 5.75 Å². The summed E-state index contributed by atoms with van der Waals surface area (Å²) in [6.45, 7) is 3.88. The first-order valence-electron chi connectivity index (χ1n) is 4.75. The number of benzene rings is 1. The Bertz CT molecular complexity index is 404. The second-order valence-electron chi connectivity index (χ2n) is 4.39. The van der Waals surface area contributed by atoms with E-state index in [4.69, 9.17) is 16.3 Å². The summed E-state index contributed by atoms with van der Waals surface area (Å²) in [4.78, 5) is 0. The Morgan fingerprint density at radius 2 is 2.20 bits per heavy atom. The van der Waals surface area contributed by atoms with Crippen molar-refractivity contribution in [1.29, 1.82) is 0 Å². The predicted molar refractivity (Wildman–Crippen MR) is 63.4 cm³/mol. The lowest BCUT2D eigenvalue weighted by Gasteiger charge is -2.36. The molecule has 0 bridgehead atoms. The van der Waals surface area contributed by atoms with Gasteiger partial charge in [-0.2, -0.15) is 0 Å². The fraction of sp³-hybridized carbons (Fsp3) is 0.455. The van der Waals surface area contributed by atoms with Gasteiger partial charge >= 0.3 is 0 Å². The van der Waals surface area contributed by atoms with Crippen LogP contribution in [0.1, 0.15) is 31.9 Å². The minimum atomic E-state index is -0.515. The van der Waals surface area contributed by atoms with E-state index in [1.807, 2.05) is 19.9 Å². The smallest absolute Gasteiger partial charge is 0.144 e. The minimum Gasteiger partial charge on any atom is -0.486 e. The van der Waals surface area contributed by atoms with E-state index < -0.39 is 6.10 Å². The zero-order chi connectivity index (χ0) is 11.2. The number of ether oxygens (including phenoxy) is 1. The summed E-state index contributed by atoms with van der Waals surface area (Å²) in [6.07, 6.45) is 0.0611. The van der Waals surface area contributed by atoms with E-state index in [0.29, 0.717) is 17.2 Å². The normalized spacial score (nSPS) is 23.1. The van der Waals surface area contributed by atoms with E-state index in [-0.39, 0.29) is 5.60 Å². The average Bonchev–Trinajstić information content (AvgIpc) is 2.06. The first-order valence-corrected chi connectivity index (χ1v) is 5.92. The maximum atomic E-state index is 9.99. The number of hydrogen-bond acceptors (Lipinski definition) is 2. The van der Waals surface area contributed by atoms with Crippen LogP contribution in [0.4, 0.5) is 0 Å². The van der Waals surface area contributed by atoms with E-state index in [1.165, 1.54) is 0 Å². The molecule has 15 heavy (non-hydrogen) atoms. The second kappa shape index (κ2) is 3.65. The first-order chi connectivity index (χ1) is 6.89. The molecule has 1 aliphatic rings. The third kappa shape index (κ3) is 2.14. The molecule has 2 rings (SSSR count). The summed E-state index contributed by atoms with van der Waals surface area (Å²) in [5.41, 5.74) is 0.387. The van der Waals surface area contributed by atoms with Crippen molar-refractivity contribution < 1.29 is 9.84 Å². The zero-order valence-corrected chi connectivity index (χ0v) is 10.9. The van der Waals surface area contributed by atoms with Gasteiger partial charge in [-0.05, 0) is 26.0 Å². The third-order valence-corrected chi connectivity index (χ3v) is 3.20. The van der Waals surface area contributed by atoms with Gasteiger partial charge in [0, 0.05) is 16.5 Å². The summed E-state index contributed by atoms with van der Waals surface area (Å²) < 4.78 is 6.62. The molecule has 1 aromatic carbocycles. The van der Waals surface area contributed by atoms with Crippen molar-refractivity contribution in [3.63, 3.8) is 0 Å². The van der Waals surface area contributed by atoms with Gasteiger partial charge in [-0.25, -0.2) is 0 Å². The molecule has 1 aromatic rings. The SMILES string of the molecule is CC1(C)CC(O)c2cc(Br)cc(Cl)c2O1. The molecule has 0 radical (unpaired) electrons. The molecule has 0 fully saturated rings. The van der Waals surface area contributed by atoms with Crippen molar-refractivity contribution in [2.24, 2.45) is 0 Å². The topological polar surface area (TPSA) is 29.5 Å². The number of hydrogen-bond donors (Lipinski definition) is 1. The van der Waals surface area contributed by atoms with E-state index in [1.54, 1.807) is 6.07 Å². The number of fused-ring (bicyclic) bond motifs is 1. The average molecular weight is 292 g/mol. The van der Waals surface area contributed by atoms with Crippen LogP contribution >= 0.6 is 27.5 Å². The molecule has 1 unspecified atom stereocenters. The molecule has 0 aromatic heterocycles. The molecule has 2 nitrogen and oxygen atoms in total. The summed E-state index contributed by atoms with van der Waals surface area (Å²) in [7, 11) is 0. The van der Waals surface area contributed by atoms with Crippen LogP contribution in [0.15, 0.2) is 16.6 Å². The van der Waals surface area contributed by atoms with Gasteiger partial charge in [-0.1, -0.05) is 27.5 Å². The Kier molecular flexibility index (Phi) is 2.73. The summed E-state index contributed by atoms with van der Waals surface area (Å²) in [5, 5.41) is 10.5. The van der Waals surface area contributed by atoms with Gasteiger partial charge in [0.25, 0.3) is 0 Å². The molecule has 1 aliphatic heterocycles. The van der Waals surface area contributed by atoms with Crippen LogP contribution in [0.2, 0.25) is 5.02 Å². The van der Waals surface area contributed by atoms with Gasteiger partial charge in [0.05, 0.1) is 11.1 Å². The van der Waals surface area contributed by atoms with Gasteiger partial charge in [-0.15, -0.1) is 0 Å². The van der Waals surface area contributed by atoms with Gasteiger partial charge in [-0.3, -0.25) is 0 Å². The molecule has 4 heteroatoms. The monoisotopic (exact) mass is 290 g/mol.